The Balaban J connectivity index is 2.23. The summed E-state index contributed by atoms with van der Waals surface area (Å²) >= 11 is 0. The van der Waals surface area contributed by atoms with E-state index in [2.05, 4.69) is 22.8 Å². The van der Waals surface area contributed by atoms with Gasteiger partial charge >= 0.3 is 0 Å². The fourth-order valence-corrected chi connectivity index (χ4v) is 2.83. The molecule has 2 heterocycles. The van der Waals surface area contributed by atoms with Crippen molar-refractivity contribution >= 4 is 5.91 Å². The molecule has 1 aromatic rings. The van der Waals surface area contributed by atoms with Crippen molar-refractivity contribution in [3.05, 3.63) is 28.8 Å². The molecule has 1 fully saturated rings. The Kier molecular flexibility index (Phi) is 2.16. The Hall–Kier alpha value is -1.55. The molecule has 2 N–H and O–H groups in total. The number of hydrogen-bond donors (Lipinski definition) is 2. The Bertz CT molecular complexity index is 498. The molecule has 1 amide bonds. The quantitative estimate of drug-likeness (QED) is 0.700. The Labute approximate surface area is 100 Å². The van der Waals surface area contributed by atoms with Crippen molar-refractivity contribution in [1.82, 2.24) is 10.6 Å². The number of ether oxygens (including phenoxy) is 1. The number of carbonyl (C=O) groups excluding carboxylic acids is 1. The van der Waals surface area contributed by atoms with Crippen molar-refractivity contribution in [1.29, 1.82) is 0 Å². The van der Waals surface area contributed by atoms with Gasteiger partial charge in [0.25, 0.3) is 0 Å². The molecule has 0 aliphatic carbocycles. The van der Waals surface area contributed by atoms with E-state index in [0.29, 0.717) is 19.7 Å². The summed E-state index contributed by atoms with van der Waals surface area (Å²) in [5.41, 5.74) is 2.66. The maximum atomic E-state index is 12.1. The molecule has 0 saturated carbocycles. The van der Waals surface area contributed by atoms with E-state index in [-0.39, 0.29) is 5.91 Å². The van der Waals surface area contributed by atoms with Gasteiger partial charge in [0, 0.05) is 12.0 Å². The van der Waals surface area contributed by atoms with Crippen molar-refractivity contribution in [3.8, 4) is 5.75 Å². The number of fused-ring (bicyclic) bond motifs is 2. The average molecular weight is 232 g/mol. The third kappa shape index (κ3) is 1.37. The van der Waals surface area contributed by atoms with Crippen LogP contribution in [0.3, 0.4) is 0 Å². The molecule has 1 saturated heterocycles. The number of rotatable bonds is 0. The molecule has 0 bridgehead atoms. The highest BCUT2D eigenvalue weighted by atomic mass is 16.5. The van der Waals surface area contributed by atoms with Gasteiger partial charge in [-0.05, 0) is 25.5 Å². The van der Waals surface area contributed by atoms with Crippen LogP contribution in [0.1, 0.15) is 23.1 Å². The van der Waals surface area contributed by atoms with E-state index in [9.17, 15) is 4.79 Å². The van der Waals surface area contributed by atoms with Crippen LogP contribution in [-0.4, -0.2) is 19.2 Å². The van der Waals surface area contributed by atoms with Gasteiger partial charge in [0.15, 0.2) is 0 Å². The van der Waals surface area contributed by atoms with Gasteiger partial charge in [0.1, 0.15) is 11.3 Å². The largest absolute Gasteiger partial charge is 0.493 e. The van der Waals surface area contributed by atoms with Crippen LogP contribution in [0.15, 0.2) is 12.1 Å². The monoisotopic (exact) mass is 232 g/mol. The number of hydrogen-bond acceptors (Lipinski definition) is 3. The Morgan fingerprint density at radius 1 is 1.35 bits per heavy atom. The number of aryl methyl sites for hydroxylation is 2. The molecule has 1 atom stereocenters. The summed E-state index contributed by atoms with van der Waals surface area (Å²) in [6.07, 6.45) is 0.689. The minimum absolute atomic E-state index is 0.0621. The molecule has 0 radical (unpaired) electrons. The molecular formula is C13H16N2O2. The van der Waals surface area contributed by atoms with E-state index in [1.807, 2.05) is 13.8 Å². The fraction of sp³-hybridized carbons (Fsp3) is 0.462. The van der Waals surface area contributed by atoms with Crippen LogP contribution in [0.2, 0.25) is 0 Å². The third-order valence-corrected chi connectivity index (χ3v) is 3.63. The van der Waals surface area contributed by atoms with E-state index in [1.54, 1.807) is 0 Å². The first-order valence-corrected chi connectivity index (χ1v) is 5.91. The average Bonchev–Trinajstić information content (AvgIpc) is 2.63. The first-order chi connectivity index (χ1) is 8.13. The summed E-state index contributed by atoms with van der Waals surface area (Å²) in [6.45, 7) is 5.18. The molecule has 1 unspecified atom stereocenters. The molecule has 3 rings (SSSR count). The topological polar surface area (TPSA) is 50.4 Å². The van der Waals surface area contributed by atoms with Gasteiger partial charge in [0.2, 0.25) is 5.91 Å². The van der Waals surface area contributed by atoms with Crippen molar-refractivity contribution in [2.75, 3.05) is 13.3 Å². The molecule has 4 heteroatoms. The van der Waals surface area contributed by atoms with Crippen LogP contribution >= 0.6 is 0 Å². The van der Waals surface area contributed by atoms with Gasteiger partial charge in [-0.25, -0.2) is 0 Å². The zero-order valence-corrected chi connectivity index (χ0v) is 10.1. The molecule has 90 valence electrons. The lowest BCUT2D eigenvalue weighted by Crippen LogP contribution is -2.47. The van der Waals surface area contributed by atoms with Crippen molar-refractivity contribution in [2.24, 2.45) is 0 Å². The summed E-state index contributed by atoms with van der Waals surface area (Å²) in [4.78, 5) is 12.1. The maximum absolute atomic E-state index is 12.1. The number of amides is 1. The van der Waals surface area contributed by atoms with Gasteiger partial charge in [-0.2, -0.15) is 0 Å². The molecular weight excluding hydrogens is 216 g/mol. The molecule has 2 aliphatic heterocycles. The summed E-state index contributed by atoms with van der Waals surface area (Å²) in [5.74, 6) is 0.929. The molecule has 4 nitrogen and oxygen atoms in total. The lowest BCUT2D eigenvalue weighted by molar-refractivity contribution is -0.125. The smallest absolute Gasteiger partial charge is 0.246 e. The van der Waals surface area contributed by atoms with Gasteiger partial charge in [0.05, 0.1) is 13.3 Å². The SMILES string of the molecule is Cc1cc(C)c2c(c1)C1(CCO2)NCNC1=O. The number of nitrogens with one attached hydrogen (secondary N) is 2. The first kappa shape index (κ1) is 10.6. The number of carbonyl (C=O) groups is 1. The highest BCUT2D eigenvalue weighted by molar-refractivity contribution is 5.90. The maximum Gasteiger partial charge on any atom is 0.246 e. The van der Waals surface area contributed by atoms with Gasteiger partial charge in [-0.3, -0.25) is 10.1 Å². The summed E-state index contributed by atoms with van der Waals surface area (Å²) in [7, 11) is 0. The standard InChI is InChI=1S/C13H16N2O2/c1-8-5-9(2)11-10(6-8)13(3-4-17-11)12(16)14-7-15-13/h5-6,15H,3-4,7H2,1-2H3,(H,14,16). The summed E-state index contributed by atoms with van der Waals surface area (Å²) in [6, 6.07) is 4.14. The Morgan fingerprint density at radius 2 is 2.18 bits per heavy atom. The van der Waals surface area contributed by atoms with E-state index < -0.39 is 5.54 Å². The highest BCUT2D eigenvalue weighted by Gasteiger charge is 2.47. The zero-order chi connectivity index (χ0) is 12.0. The molecule has 1 spiro atoms. The van der Waals surface area contributed by atoms with Crippen molar-refractivity contribution in [3.63, 3.8) is 0 Å². The highest BCUT2D eigenvalue weighted by Crippen LogP contribution is 2.41. The van der Waals surface area contributed by atoms with Crippen LogP contribution in [-0.2, 0) is 10.3 Å². The molecule has 0 aromatic heterocycles. The lowest BCUT2D eigenvalue weighted by Gasteiger charge is -2.34. The molecule has 17 heavy (non-hydrogen) atoms. The Morgan fingerprint density at radius 3 is 2.88 bits per heavy atom. The first-order valence-electron chi connectivity index (χ1n) is 5.91. The minimum Gasteiger partial charge on any atom is -0.493 e. The molecule has 1 aromatic carbocycles. The third-order valence-electron chi connectivity index (χ3n) is 3.63. The van der Waals surface area contributed by atoms with Crippen molar-refractivity contribution in [2.45, 2.75) is 25.8 Å². The van der Waals surface area contributed by atoms with Crippen LogP contribution in [0.4, 0.5) is 0 Å². The van der Waals surface area contributed by atoms with Crippen molar-refractivity contribution < 1.29 is 9.53 Å². The van der Waals surface area contributed by atoms with Crippen LogP contribution < -0.4 is 15.4 Å². The normalized spacial score (nSPS) is 26.6. The minimum atomic E-state index is -0.579. The van der Waals surface area contributed by atoms with Crippen LogP contribution in [0.25, 0.3) is 0 Å². The second kappa shape index (κ2) is 3.47. The lowest BCUT2D eigenvalue weighted by atomic mass is 9.83. The fourth-order valence-electron chi connectivity index (χ4n) is 2.83. The van der Waals surface area contributed by atoms with Gasteiger partial charge in [-0.1, -0.05) is 11.6 Å². The second-order valence-electron chi connectivity index (χ2n) is 4.82. The van der Waals surface area contributed by atoms with E-state index in [4.69, 9.17) is 4.74 Å². The van der Waals surface area contributed by atoms with Gasteiger partial charge < -0.3 is 10.1 Å². The van der Waals surface area contributed by atoms with Crippen LogP contribution in [0.5, 0.6) is 5.75 Å². The second-order valence-corrected chi connectivity index (χ2v) is 4.82. The zero-order valence-electron chi connectivity index (χ0n) is 10.1. The summed E-state index contributed by atoms with van der Waals surface area (Å²) < 4.78 is 5.72. The van der Waals surface area contributed by atoms with E-state index in [1.165, 1.54) is 0 Å². The molecule has 2 aliphatic rings. The van der Waals surface area contributed by atoms with E-state index >= 15 is 0 Å². The summed E-state index contributed by atoms with van der Waals surface area (Å²) in [5, 5.41) is 6.15. The van der Waals surface area contributed by atoms with E-state index in [0.717, 1.165) is 22.4 Å². The predicted octanol–water partition coefficient (Wildman–Crippen LogP) is 0.958. The van der Waals surface area contributed by atoms with Gasteiger partial charge in [-0.15, -0.1) is 0 Å². The predicted molar refractivity (Wildman–Crippen MR) is 63.9 cm³/mol. The number of benzene rings is 1. The van der Waals surface area contributed by atoms with Crippen LogP contribution in [0, 0.1) is 13.8 Å².